The van der Waals surface area contributed by atoms with Crippen molar-refractivity contribution in [1.29, 1.82) is 0 Å². The lowest BCUT2D eigenvalue weighted by Crippen LogP contribution is -1.94. The van der Waals surface area contributed by atoms with Crippen molar-refractivity contribution in [3.8, 4) is 0 Å². The van der Waals surface area contributed by atoms with Crippen LogP contribution in [0.4, 0.5) is 0 Å². The monoisotopic (exact) mass is 262 g/mol. The summed E-state index contributed by atoms with van der Waals surface area (Å²) in [5.41, 5.74) is 0. The summed E-state index contributed by atoms with van der Waals surface area (Å²) in [6.45, 7) is 5.66. The van der Waals surface area contributed by atoms with E-state index in [-0.39, 0.29) is 7.43 Å². The zero-order chi connectivity index (χ0) is 13.2. The maximum absolute atomic E-state index is 4.82. The first-order valence-electron chi connectivity index (χ1n) is 6.44. The third-order valence-corrected chi connectivity index (χ3v) is 2.41. The average Bonchev–Trinajstić information content (AvgIpc) is 3.27. The van der Waals surface area contributed by atoms with Crippen molar-refractivity contribution >= 4 is 10.8 Å². The van der Waals surface area contributed by atoms with Crippen LogP contribution in [0.2, 0.25) is 0 Å². The van der Waals surface area contributed by atoms with Crippen LogP contribution in [0.25, 0.3) is 10.8 Å². The average molecular weight is 262 g/mol. The number of fused-ring (bicyclic) bond motifs is 1. The van der Waals surface area contributed by atoms with Crippen LogP contribution in [0, 0.1) is 0 Å². The van der Waals surface area contributed by atoms with Gasteiger partial charge in [0.15, 0.2) is 0 Å². The quantitative estimate of drug-likeness (QED) is 0.741. The molecule has 1 atom stereocenters. The van der Waals surface area contributed by atoms with Gasteiger partial charge < -0.3 is 9.47 Å². The molecule has 0 amide bonds. The molecule has 0 spiro atoms. The Labute approximate surface area is 117 Å². The lowest BCUT2D eigenvalue weighted by molar-refractivity contribution is 0.171. The normalized spacial score (nSPS) is 15.2. The number of hydrogen-bond acceptors (Lipinski definition) is 2. The highest BCUT2D eigenvalue weighted by Crippen LogP contribution is 2.11. The van der Waals surface area contributed by atoms with Crippen molar-refractivity contribution in [2.24, 2.45) is 0 Å². The van der Waals surface area contributed by atoms with Crippen molar-refractivity contribution in [1.82, 2.24) is 0 Å². The maximum atomic E-state index is 4.82. The predicted molar refractivity (Wildman–Crippen MR) is 83.6 cm³/mol. The van der Waals surface area contributed by atoms with Gasteiger partial charge in [-0.15, -0.1) is 0 Å². The summed E-state index contributed by atoms with van der Waals surface area (Å²) in [6, 6.07) is 16.7. The van der Waals surface area contributed by atoms with Gasteiger partial charge in [0.25, 0.3) is 0 Å². The molecular formula is C17H26O2. The predicted octanol–water partition coefficient (Wildman–Crippen LogP) is 4.53. The van der Waals surface area contributed by atoms with Crippen LogP contribution in [-0.4, -0.2) is 26.4 Å². The lowest BCUT2D eigenvalue weighted by atomic mass is 10.1. The SMILES string of the molecule is C.CC.COCC1CO1.c1ccc2ccccc2c1. The van der Waals surface area contributed by atoms with Crippen molar-refractivity contribution in [2.75, 3.05) is 20.3 Å². The Morgan fingerprint density at radius 2 is 1.37 bits per heavy atom. The topological polar surface area (TPSA) is 21.8 Å². The number of ether oxygens (including phenoxy) is 2. The van der Waals surface area contributed by atoms with E-state index >= 15 is 0 Å². The highest BCUT2D eigenvalue weighted by atomic mass is 16.6. The van der Waals surface area contributed by atoms with Crippen LogP contribution < -0.4 is 0 Å². The molecular weight excluding hydrogens is 236 g/mol. The molecule has 2 aromatic rings. The van der Waals surface area contributed by atoms with E-state index in [0.717, 1.165) is 13.2 Å². The van der Waals surface area contributed by atoms with E-state index in [1.165, 1.54) is 10.8 Å². The zero-order valence-corrected chi connectivity index (χ0v) is 11.4. The molecule has 0 saturated carbocycles. The standard InChI is InChI=1S/C10H8.C4H8O2.C2H6.CH4/c1-2-6-10-8-4-3-7-9(10)5-1;1-5-2-4-3-6-4;1-2;/h1-8H;4H,2-3H2,1H3;1-2H3;1H4. The maximum Gasteiger partial charge on any atom is 0.104 e. The fourth-order valence-corrected chi connectivity index (χ4v) is 1.48. The zero-order valence-electron chi connectivity index (χ0n) is 11.4. The van der Waals surface area contributed by atoms with Gasteiger partial charge in [0.2, 0.25) is 0 Å². The first-order chi connectivity index (χ1) is 8.90. The molecule has 3 rings (SSSR count). The Balaban J connectivity index is 0.000000314. The van der Waals surface area contributed by atoms with E-state index in [1.54, 1.807) is 7.11 Å². The molecule has 1 fully saturated rings. The third-order valence-electron chi connectivity index (χ3n) is 2.41. The van der Waals surface area contributed by atoms with Crippen molar-refractivity contribution in [3.05, 3.63) is 48.5 Å². The lowest BCUT2D eigenvalue weighted by Gasteiger charge is -1.92. The molecule has 2 nitrogen and oxygen atoms in total. The van der Waals surface area contributed by atoms with E-state index in [2.05, 4.69) is 48.5 Å². The van der Waals surface area contributed by atoms with Crippen LogP contribution in [0.3, 0.4) is 0 Å². The Bertz CT molecular complexity index is 370. The number of rotatable bonds is 2. The molecule has 1 unspecified atom stereocenters. The molecule has 0 aliphatic carbocycles. The number of methoxy groups -OCH3 is 1. The van der Waals surface area contributed by atoms with E-state index in [0.29, 0.717) is 6.10 Å². The van der Waals surface area contributed by atoms with Gasteiger partial charge in [-0.1, -0.05) is 69.8 Å². The third kappa shape index (κ3) is 6.94. The Kier molecular flexibility index (Phi) is 9.77. The van der Waals surface area contributed by atoms with E-state index in [1.807, 2.05) is 13.8 Å². The minimum atomic E-state index is 0. The molecule has 1 aliphatic rings. The molecule has 0 bridgehead atoms. The Morgan fingerprint density at radius 1 is 1.00 bits per heavy atom. The van der Waals surface area contributed by atoms with Crippen molar-refractivity contribution in [2.45, 2.75) is 27.4 Å². The number of epoxide rings is 1. The van der Waals surface area contributed by atoms with Crippen LogP contribution in [-0.2, 0) is 9.47 Å². The summed E-state index contributed by atoms with van der Waals surface area (Å²) >= 11 is 0. The van der Waals surface area contributed by atoms with Gasteiger partial charge >= 0.3 is 0 Å². The van der Waals surface area contributed by atoms with Crippen LogP contribution in [0.1, 0.15) is 21.3 Å². The van der Waals surface area contributed by atoms with Gasteiger partial charge in [0.05, 0.1) is 13.2 Å². The fourth-order valence-electron chi connectivity index (χ4n) is 1.48. The Hall–Kier alpha value is -1.38. The molecule has 2 heteroatoms. The first kappa shape index (κ1) is 17.6. The summed E-state index contributed by atoms with van der Waals surface area (Å²) in [7, 11) is 1.68. The van der Waals surface area contributed by atoms with Gasteiger partial charge in [-0.2, -0.15) is 0 Å². The second kappa shape index (κ2) is 10.5. The highest BCUT2D eigenvalue weighted by molar-refractivity contribution is 5.81. The molecule has 1 aliphatic heterocycles. The van der Waals surface area contributed by atoms with Gasteiger partial charge in [-0.3, -0.25) is 0 Å². The Morgan fingerprint density at radius 3 is 1.58 bits per heavy atom. The van der Waals surface area contributed by atoms with Crippen LogP contribution in [0.5, 0.6) is 0 Å². The molecule has 0 radical (unpaired) electrons. The first-order valence-corrected chi connectivity index (χ1v) is 6.44. The smallest absolute Gasteiger partial charge is 0.104 e. The van der Waals surface area contributed by atoms with E-state index in [9.17, 15) is 0 Å². The van der Waals surface area contributed by atoms with Crippen LogP contribution in [0.15, 0.2) is 48.5 Å². The molecule has 1 saturated heterocycles. The van der Waals surface area contributed by atoms with Gasteiger partial charge in [-0.05, 0) is 10.8 Å². The number of hydrogen-bond donors (Lipinski definition) is 0. The second-order valence-corrected chi connectivity index (χ2v) is 3.76. The minimum Gasteiger partial charge on any atom is -0.382 e. The van der Waals surface area contributed by atoms with Gasteiger partial charge in [-0.25, -0.2) is 0 Å². The molecule has 19 heavy (non-hydrogen) atoms. The summed E-state index contributed by atoms with van der Waals surface area (Å²) in [5.74, 6) is 0. The minimum absolute atomic E-state index is 0. The van der Waals surface area contributed by atoms with Gasteiger partial charge in [0, 0.05) is 7.11 Å². The number of benzene rings is 2. The molecule has 0 N–H and O–H groups in total. The fraction of sp³-hybridized carbons (Fsp3) is 0.412. The molecule has 2 aromatic carbocycles. The second-order valence-electron chi connectivity index (χ2n) is 3.76. The summed E-state index contributed by atoms with van der Waals surface area (Å²) in [5, 5.41) is 2.62. The molecule has 106 valence electrons. The van der Waals surface area contributed by atoms with Gasteiger partial charge in [0.1, 0.15) is 6.10 Å². The highest BCUT2D eigenvalue weighted by Gasteiger charge is 2.21. The van der Waals surface area contributed by atoms with E-state index < -0.39 is 0 Å². The van der Waals surface area contributed by atoms with E-state index in [4.69, 9.17) is 9.47 Å². The van der Waals surface area contributed by atoms with Crippen molar-refractivity contribution in [3.63, 3.8) is 0 Å². The summed E-state index contributed by atoms with van der Waals surface area (Å²) in [6.07, 6.45) is 0.426. The van der Waals surface area contributed by atoms with Crippen LogP contribution >= 0.6 is 0 Å². The molecule has 0 aromatic heterocycles. The van der Waals surface area contributed by atoms with Crippen molar-refractivity contribution < 1.29 is 9.47 Å². The summed E-state index contributed by atoms with van der Waals surface area (Å²) < 4.78 is 9.56. The summed E-state index contributed by atoms with van der Waals surface area (Å²) in [4.78, 5) is 0. The molecule has 1 heterocycles. The largest absolute Gasteiger partial charge is 0.382 e.